The Kier molecular flexibility index (Phi) is 2.33. The number of hydrogen-bond acceptors (Lipinski definition) is 2. The smallest absolute Gasteiger partial charge is 0.212 e. The summed E-state index contributed by atoms with van der Waals surface area (Å²) in [5.41, 5.74) is 0. The van der Waals surface area contributed by atoms with E-state index in [4.69, 9.17) is 0 Å². The molecule has 0 spiro atoms. The highest BCUT2D eigenvalue weighted by atomic mass is 79.9. The molecule has 2 rings (SSSR count). The number of benzene rings is 2. The van der Waals surface area contributed by atoms with Crippen LogP contribution in [0.25, 0.3) is 10.8 Å². The summed E-state index contributed by atoms with van der Waals surface area (Å²) in [7, 11) is -3.28. The summed E-state index contributed by atoms with van der Waals surface area (Å²) in [6.45, 7) is 0. The second-order valence-corrected chi connectivity index (χ2v) is 6.85. The summed E-state index contributed by atoms with van der Waals surface area (Å²) < 4.78 is 22.4. The van der Waals surface area contributed by atoms with E-state index in [1.165, 1.54) is 0 Å². The van der Waals surface area contributed by atoms with Gasteiger partial charge >= 0.3 is 0 Å². The predicted octanol–water partition coefficient (Wildman–Crippen LogP) is 2.92. The van der Waals surface area contributed by atoms with E-state index >= 15 is 0 Å². The van der Waals surface area contributed by atoms with Crippen molar-refractivity contribution in [2.75, 3.05) is 0 Å². The molecule has 0 aromatic heterocycles. The molecule has 0 aliphatic carbocycles. The zero-order chi connectivity index (χ0) is 10.2. The van der Waals surface area contributed by atoms with Crippen LogP contribution in [0.3, 0.4) is 0 Å². The Morgan fingerprint density at radius 2 is 1.57 bits per heavy atom. The Hall–Kier alpha value is -0.870. The molecule has 0 aliphatic rings. The molecule has 0 aliphatic heterocycles. The maximum Gasteiger partial charge on any atom is 0.237 e. The van der Waals surface area contributed by atoms with Gasteiger partial charge in [0.25, 0.3) is 0 Å². The minimum Gasteiger partial charge on any atom is -0.212 e. The summed E-state index contributed by atoms with van der Waals surface area (Å²) in [5, 5.41) is 1.96. The van der Waals surface area contributed by atoms with Crippen LogP contribution >= 0.6 is 14.8 Å². The zero-order valence-corrected chi connectivity index (χ0v) is 9.55. The lowest BCUT2D eigenvalue weighted by atomic mass is 10.1. The summed E-state index contributed by atoms with van der Waals surface area (Å²) in [6.07, 6.45) is 0. The van der Waals surface area contributed by atoms with Crippen molar-refractivity contribution in [2.45, 2.75) is 4.90 Å². The molecule has 0 fully saturated rings. The van der Waals surface area contributed by atoms with Crippen LogP contribution in [0.4, 0.5) is 0 Å². The molecule has 2 aromatic carbocycles. The summed E-state index contributed by atoms with van der Waals surface area (Å²) in [4.78, 5) is 0.288. The van der Waals surface area contributed by atoms with Crippen molar-refractivity contribution in [1.82, 2.24) is 0 Å². The first-order valence-electron chi connectivity index (χ1n) is 4.01. The average Bonchev–Trinajstić information content (AvgIpc) is 2.16. The normalized spacial score (nSPS) is 11.8. The van der Waals surface area contributed by atoms with Crippen LogP contribution in [-0.4, -0.2) is 8.42 Å². The highest BCUT2D eigenvalue weighted by Crippen LogP contribution is 2.22. The number of halogens is 1. The van der Waals surface area contributed by atoms with Crippen molar-refractivity contribution < 1.29 is 8.42 Å². The molecule has 0 radical (unpaired) electrons. The lowest BCUT2D eigenvalue weighted by molar-refractivity contribution is 0.611. The van der Waals surface area contributed by atoms with Crippen LogP contribution < -0.4 is 0 Å². The third kappa shape index (κ3) is 1.81. The molecule has 0 atom stereocenters. The van der Waals surface area contributed by atoms with Crippen molar-refractivity contribution in [2.24, 2.45) is 0 Å². The van der Waals surface area contributed by atoms with Gasteiger partial charge in [-0.3, -0.25) is 0 Å². The molecule has 0 heterocycles. The second-order valence-electron chi connectivity index (χ2n) is 2.95. The number of fused-ring (bicyclic) bond motifs is 1. The molecule has 14 heavy (non-hydrogen) atoms. The Labute approximate surface area is 89.7 Å². The van der Waals surface area contributed by atoms with E-state index in [-0.39, 0.29) is 4.90 Å². The van der Waals surface area contributed by atoms with Gasteiger partial charge < -0.3 is 0 Å². The topological polar surface area (TPSA) is 34.1 Å². The first-order valence-corrected chi connectivity index (χ1v) is 7.33. The minimum atomic E-state index is -3.28. The summed E-state index contributed by atoms with van der Waals surface area (Å²) in [6, 6.07) is 12.7. The molecule has 4 heteroatoms. The quantitative estimate of drug-likeness (QED) is 0.747. The highest BCUT2D eigenvalue weighted by Gasteiger charge is 2.08. The Morgan fingerprint density at radius 3 is 2.21 bits per heavy atom. The highest BCUT2D eigenvalue weighted by molar-refractivity contribution is 9.47. The van der Waals surface area contributed by atoms with Crippen molar-refractivity contribution in [3.8, 4) is 0 Å². The van der Waals surface area contributed by atoms with Crippen LogP contribution in [0.1, 0.15) is 0 Å². The van der Waals surface area contributed by atoms with E-state index in [0.717, 1.165) is 10.8 Å². The molecule has 0 saturated heterocycles. The second kappa shape index (κ2) is 3.37. The van der Waals surface area contributed by atoms with Crippen LogP contribution in [0.2, 0.25) is 0 Å². The summed E-state index contributed by atoms with van der Waals surface area (Å²) in [5.74, 6) is 0. The SMILES string of the molecule is O=S(=O)(Br)c1ccc2ccccc2c1. The maximum absolute atomic E-state index is 11.2. The van der Waals surface area contributed by atoms with Gasteiger partial charge in [0.15, 0.2) is 0 Å². The van der Waals surface area contributed by atoms with Gasteiger partial charge in [-0.25, -0.2) is 8.42 Å². The molecule has 0 unspecified atom stereocenters. The van der Waals surface area contributed by atoms with Crippen LogP contribution in [0.5, 0.6) is 0 Å². The van der Waals surface area contributed by atoms with Gasteiger partial charge in [0, 0.05) is 0 Å². The van der Waals surface area contributed by atoms with E-state index in [2.05, 4.69) is 14.8 Å². The molecule has 2 nitrogen and oxygen atoms in total. The number of rotatable bonds is 1. The Balaban J connectivity index is 2.75. The third-order valence-corrected chi connectivity index (χ3v) is 3.94. The van der Waals surface area contributed by atoms with Gasteiger partial charge in [-0.1, -0.05) is 30.3 Å². The molecule has 2 aromatic rings. The largest absolute Gasteiger partial charge is 0.237 e. The molecule has 0 bridgehead atoms. The molecule has 72 valence electrons. The molecule has 0 amide bonds. The average molecular weight is 271 g/mol. The Bertz CT molecular complexity index is 575. The van der Waals surface area contributed by atoms with Crippen molar-refractivity contribution in [1.29, 1.82) is 0 Å². The minimum absolute atomic E-state index is 0.288. The van der Waals surface area contributed by atoms with E-state index in [0.29, 0.717) is 0 Å². The fourth-order valence-corrected chi connectivity index (χ4v) is 2.42. The van der Waals surface area contributed by atoms with Crippen molar-refractivity contribution in [3.63, 3.8) is 0 Å². The molecular weight excluding hydrogens is 264 g/mol. The molecule has 0 saturated carbocycles. The number of hydrogen-bond donors (Lipinski definition) is 0. The summed E-state index contributed by atoms with van der Waals surface area (Å²) >= 11 is 2.64. The van der Waals surface area contributed by atoms with E-state index in [1.54, 1.807) is 18.2 Å². The fourth-order valence-electron chi connectivity index (χ4n) is 1.32. The van der Waals surface area contributed by atoms with Gasteiger partial charge in [-0.2, -0.15) is 0 Å². The maximum atomic E-state index is 11.2. The van der Waals surface area contributed by atoms with E-state index < -0.39 is 8.27 Å². The monoisotopic (exact) mass is 270 g/mol. The van der Waals surface area contributed by atoms with Gasteiger partial charge in [0.05, 0.1) is 19.7 Å². The zero-order valence-electron chi connectivity index (χ0n) is 7.14. The third-order valence-electron chi connectivity index (χ3n) is 2.00. The first kappa shape index (κ1) is 9.68. The van der Waals surface area contributed by atoms with Gasteiger partial charge in [0.2, 0.25) is 8.27 Å². The lowest BCUT2D eigenvalue weighted by Gasteiger charge is -1.99. The van der Waals surface area contributed by atoms with Crippen LogP contribution in [-0.2, 0) is 8.27 Å². The Morgan fingerprint density at radius 1 is 0.929 bits per heavy atom. The predicted molar refractivity (Wildman–Crippen MR) is 60.1 cm³/mol. The standard InChI is InChI=1S/C10H7BrO2S/c11-14(12,13)10-6-5-8-3-1-2-4-9(8)7-10/h1-7H. The molecular formula is C10H7BrO2S. The van der Waals surface area contributed by atoms with Gasteiger partial charge in [0.1, 0.15) is 0 Å². The fraction of sp³-hybridized carbons (Fsp3) is 0. The van der Waals surface area contributed by atoms with Crippen molar-refractivity contribution >= 4 is 33.9 Å². The van der Waals surface area contributed by atoms with Gasteiger partial charge in [-0.05, 0) is 22.9 Å². The lowest BCUT2D eigenvalue weighted by Crippen LogP contribution is -1.88. The van der Waals surface area contributed by atoms with E-state index in [9.17, 15) is 8.42 Å². The van der Waals surface area contributed by atoms with E-state index in [1.807, 2.05) is 24.3 Å². The van der Waals surface area contributed by atoms with Crippen LogP contribution in [0.15, 0.2) is 47.4 Å². The van der Waals surface area contributed by atoms with Crippen molar-refractivity contribution in [3.05, 3.63) is 42.5 Å². The first-order chi connectivity index (χ1) is 6.57. The molecule has 0 N–H and O–H groups in total. The van der Waals surface area contributed by atoms with Gasteiger partial charge in [-0.15, -0.1) is 0 Å². The van der Waals surface area contributed by atoms with Crippen LogP contribution in [0, 0.1) is 0 Å².